The Kier molecular flexibility index (Phi) is 2.56. The van der Waals surface area contributed by atoms with E-state index in [1.165, 1.54) is 5.56 Å². The third-order valence-electron chi connectivity index (χ3n) is 2.29. The van der Waals surface area contributed by atoms with Gasteiger partial charge in [0.2, 0.25) is 0 Å². The minimum atomic E-state index is 0.623. The first-order valence-electron chi connectivity index (χ1n) is 4.55. The maximum absolute atomic E-state index is 5.55. The van der Waals surface area contributed by atoms with Crippen molar-refractivity contribution in [1.82, 2.24) is 9.55 Å². The molecule has 0 bridgehead atoms. The molecule has 0 spiro atoms. The van der Waals surface area contributed by atoms with Gasteiger partial charge in [-0.25, -0.2) is 4.98 Å². The average molecular weight is 254 g/mol. The third kappa shape index (κ3) is 1.44. The van der Waals surface area contributed by atoms with E-state index < -0.39 is 0 Å². The second-order valence-electron chi connectivity index (χ2n) is 3.26. The number of halogens is 1. The molecular weight excluding hydrogens is 242 g/mol. The molecule has 2 N–H and O–H groups in total. The van der Waals surface area contributed by atoms with Gasteiger partial charge in [-0.05, 0) is 34.5 Å². The molecule has 14 heavy (non-hydrogen) atoms. The largest absolute Gasteiger partial charge is 0.329 e. The highest BCUT2D eigenvalue weighted by Crippen LogP contribution is 2.22. The molecule has 0 fully saturated rings. The smallest absolute Gasteiger partial charge is 0.178 e. The number of hydrogen-bond acceptors (Lipinski definition) is 2. The summed E-state index contributed by atoms with van der Waals surface area (Å²) in [5, 5.41) is 0. The lowest BCUT2D eigenvalue weighted by Crippen LogP contribution is -2.09. The van der Waals surface area contributed by atoms with E-state index in [4.69, 9.17) is 5.73 Å². The van der Waals surface area contributed by atoms with E-state index in [1.807, 2.05) is 6.07 Å². The van der Waals surface area contributed by atoms with Crippen LogP contribution in [0.5, 0.6) is 0 Å². The minimum Gasteiger partial charge on any atom is -0.329 e. The molecule has 0 saturated carbocycles. The maximum Gasteiger partial charge on any atom is 0.178 e. The van der Waals surface area contributed by atoms with E-state index in [-0.39, 0.29) is 0 Å². The number of benzene rings is 1. The fourth-order valence-corrected chi connectivity index (χ4v) is 2.15. The summed E-state index contributed by atoms with van der Waals surface area (Å²) < 4.78 is 2.94. The lowest BCUT2D eigenvalue weighted by molar-refractivity contribution is 0.712. The van der Waals surface area contributed by atoms with E-state index in [0.717, 1.165) is 22.3 Å². The predicted molar refractivity (Wildman–Crippen MR) is 61.2 cm³/mol. The number of imidazole rings is 1. The predicted octanol–water partition coefficient (Wildman–Crippen LogP) is 2.07. The van der Waals surface area contributed by atoms with Crippen molar-refractivity contribution >= 4 is 27.0 Å². The van der Waals surface area contributed by atoms with Crippen LogP contribution >= 0.6 is 15.9 Å². The summed E-state index contributed by atoms with van der Waals surface area (Å²) in [5.41, 5.74) is 8.93. The number of fused-ring (bicyclic) bond motifs is 1. The molecule has 2 aromatic rings. The van der Waals surface area contributed by atoms with Gasteiger partial charge in [0.15, 0.2) is 4.73 Å². The number of nitrogens with zero attached hydrogens (tertiary/aromatic N) is 2. The molecule has 2 rings (SSSR count). The molecule has 0 radical (unpaired) electrons. The van der Waals surface area contributed by atoms with Crippen LogP contribution in [0.1, 0.15) is 5.56 Å². The van der Waals surface area contributed by atoms with Crippen molar-refractivity contribution < 1.29 is 0 Å². The Labute approximate surface area is 91.1 Å². The van der Waals surface area contributed by atoms with Crippen LogP contribution in [0, 0.1) is 6.92 Å². The van der Waals surface area contributed by atoms with Gasteiger partial charge in [0.05, 0.1) is 11.0 Å². The first-order valence-corrected chi connectivity index (χ1v) is 5.34. The highest BCUT2D eigenvalue weighted by Gasteiger charge is 2.08. The summed E-state index contributed by atoms with van der Waals surface area (Å²) in [6, 6.07) is 6.17. The highest BCUT2D eigenvalue weighted by molar-refractivity contribution is 9.10. The van der Waals surface area contributed by atoms with Crippen LogP contribution in [0.4, 0.5) is 0 Å². The zero-order valence-corrected chi connectivity index (χ0v) is 9.58. The Balaban J connectivity index is 2.70. The topological polar surface area (TPSA) is 43.8 Å². The molecule has 1 heterocycles. The summed E-state index contributed by atoms with van der Waals surface area (Å²) in [6.45, 7) is 3.48. The summed E-state index contributed by atoms with van der Waals surface area (Å²) in [5.74, 6) is 0. The Bertz CT molecular complexity index is 462. The summed E-state index contributed by atoms with van der Waals surface area (Å²) in [4.78, 5) is 4.46. The van der Waals surface area contributed by atoms with E-state index in [2.05, 4.69) is 44.5 Å². The van der Waals surface area contributed by atoms with Crippen molar-refractivity contribution in [3.05, 3.63) is 28.5 Å². The Morgan fingerprint density at radius 3 is 3.00 bits per heavy atom. The SMILES string of the molecule is Cc1cccc2c1nc(Br)n2CCN. The van der Waals surface area contributed by atoms with Gasteiger partial charge in [0, 0.05) is 13.1 Å². The molecule has 0 aliphatic heterocycles. The molecule has 1 aromatic heterocycles. The normalized spacial score (nSPS) is 11.1. The number of aryl methyl sites for hydroxylation is 1. The van der Waals surface area contributed by atoms with Crippen molar-refractivity contribution in [2.45, 2.75) is 13.5 Å². The van der Waals surface area contributed by atoms with Gasteiger partial charge in [-0.1, -0.05) is 12.1 Å². The third-order valence-corrected chi connectivity index (χ3v) is 2.89. The maximum atomic E-state index is 5.55. The Morgan fingerprint density at radius 1 is 1.50 bits per heavy atom. The Morgan fingerprint density at radius 2 is 2.29 bits per heavy atom. The molecule has 0 saturated heterocycles. The number of rotatable bonds is 2. The molecule has 1 aromatic carbocycles. The van der Waals surface area contributed by atoms with Crippen molar-refractivity contribution in [2.24, 2.45) is 5.73 Å². The van der Waals surface area contributed by atoms with Gasteiger partial charge in [-0.15, -0.1) is 0 Å². The summed E-state index contributed by atoms with van der Waals surface area (Å²) in [6.07, 6.45) is 0. The van der Waals surface area contributed by atoms with Crippen LogP contribution < -0.4 is 5.73 Å². The van der Waals surface area contributed by atoms with Crippen LogP contribution in [0.3, 0.4) is 0 Å². The van der Waals surface area contributed by atoms with Gasteiger partial charge in [-0.3, -0.25) is 0 Å². The van der Waals surface area contributed by atoms with Crippen LogP contribution in [-0.2, 0) is 6.54 Å². The molecular formula is C10H12BrN3. The van der Waals surface area contributed by atoms with Crippen LogP contribution in [0.2, 0.25) is 0 Å². The number of nitrogens with two attached hydrogens (primary N) is 1. The minimum absolute atomic E-state index is 0.623. The average Bonchev–Trinajstić information content (AvgIpc) is 2.47. The lowest BCUT2D eigenvalue weighted by atomic mass is 10.2. The van der Waals surface area contributed by atoms with Crippen LogP contribution in [0.15, 0.2) is 22.9 Å². The van der Waals surface area contributed by atoms with Gasteiger partial charge >= 0.3 is 0 Å². The molecule has 0 aliphatic carbocycles. The number of para-hydroxylation sites is 1. The zero-order chi connectivity index (χ0) is 10.1. The molecule has 0 atom stereocenters. The second kappa shape index (κ2) is 3.71. The number of aromatic nitrogens is 2. The second-order valence-corrected chi connectivity index (χ2v) is 3.97. The van der Waals surface area contributed by atoms with Gasteiger partial charge < -0.3 is 10.3 Å². The summed E-state index contributed by atoms with van der Waals surface area (Å²) >= 11 is 3.44. The standard InChI is InChI=1S/C10H12BrN3/c1-7-3-2-4-8-9(7)13-10(11)14(8)6-5-12/h2-4H,5-6,12H2,1H3. The molecule has 0 aliphatic rings. The molecule has 4 heteroatoms. The Hall–Kier alpha value is -0.870. The van der Waals surface area contributed by atoms with Crippen LogP contribution in [0.25, 0.3) is 11.0 Å². The molecule has 0 amide bonds. The zero-order valence-electron chi connectivity index (χ0n) is 8.00. The fourth-order valence-electron chi connectivity index (χ4n) is 1.60. The lowest BCUT2D eigenvalue weighted by Gasteiger charge is -2.02. The quantitative estimate of drug-likeness (QED) is 0.891. The molecule has 0 unspecified atom stereocenters. The highest BCUT2D eigenvalue weighted by atomic mass is 79.9. The van der Waals surface area contributed by atoms with Crippen LogP contribution in [-0.4, -0.2) is 16.1 Å². The van der Waals surface area contributed by atoms with Gasteiger partial charge in [0.1, 0.15) is 0 Å². The van der Waals surface area contributed by atoms with Crippen molar-refractivity contribution in [1.29, 1.82) is 0 Å². The fraction of sp³-hybridized carbons (Fsp3) is 0.300. The van der Waals surface area contributed by atoms with Crippen molar-refractivity contribution in [2.75, 3.05) is 6.54 Å². The molecule has 74 valence electrons. The summed E-state index contributed by atoms with van der Waals surface area (Å²) in [7, 11) is 0. The number of hydrogen-bond donors (Lipinski definition) is 1. The van der Waals surface area contributed by atoms with E-state index in [9.17, 15) is 0 Å². The molecule has 3 nitrogen and oxygen atoms in total. The first kappa shape index (κ1) is 9.68. The van der Waals surface area contributed by atoms with E-state index >= 15 is 0 Å². The van der Waals surface area contributed by atoms with E-state index in [1.54, 1.807) is 0 Å². The van der Waals surface area contributed by atoms with Crippen molar-refractivity contribution in [3.63, 3.8) is 0 Å². The van der Waals surface area contributed by atoms with Crippen molar-refractivity contribution in [3.8, 4) is 0 Å². The van der Waals surface area contributed by atoms with Gasteiger partial charge in [0.25, 0.3) is 0 Å². The first-order chi connectivity index (χ1) is 6.74. The monoisotopic (exact) mass is 253 g/mol. The van der Waals surface area contributed by atoms with Gasteiger partial charge in [-0.2, -0.15) is 0 Å². The van der Waals surface area contributed by atoms with E-state index in [0.29, 0.717) is 6.54 Å².